The van der Waals surface area contributed by atoms with Crippen molar-refractivity contribution < 1.29 is 4.79 Å². The zero-order valence-corrected chi connectivity index (χ0v) is 19.4. The molecule has 0 aliphatic heterocycles. The van der Waals surface area contributed by atoms with Gasteiger partial charge in [-0.15, -0.1) is 11.8 Å². The van der Waals surface area contributed by atoms with Crippen LogP contribution in [-0.2, 0) is 11.2 Å². The molecule has 0 fully saturated rings. The molecular weight excluding hydrogens is 424 g/mol. The maximum Gasteiger partial charge on any atom is 0.224 e. The van der Waals surface area contributed by atoms with E-state index in [4.69, 9.17) is 0 Å². The molecule has 2 N–H and O–H groups in total. The van der Waals surface area contributed by atoms with Crippen LogP contribution in [-0.4, -0.2) is 23.2 Å². The molecule has 0 radical (unpaired) electrons. The van der Waals surface area contributed by atoms with Gasteiger partial charge in [-0.1, -0.05) is 90.5 Å². The van der Waals surface area contributed by atoms with E-state index >= 15 is 0 Å². The molecule has 0 aliphatic carbocycles. The van der Waals surface area contributed by atoms with Crippen LogP contribution in [0.15, 0.2) is 95.9 Å². The van der Waals surface area contributed by atoms with Gasteiger partial charge >= 0.3 is 0 Å². The first kappa shape index (κ1) is 21.4. The molecular formula is C29H26N2OS. The second-order valence-electron chi connectivity index (χ2n) is 8.25. The third-order valence-corrected chi connectivity index (χ3v) is 7.02. The first-order chi connectivity index (χ1) is 16.2. The molecule has 4 heteroatoms. The fourth-order valence-electron chi connectivity index (χ4n) is 4.22. The molecule has 164 valence electrons. The van der Waals surface area contributed by atoms with Crippen molar-refractivity contribution in [2.24, 2.45) is 0 Å². The normalized spacial score (nSPS) is 11.2. The van der Waals surface area contributed by atoms with Crippen LogP contribution in [0.3, 0.4) is 0 Å². The van der Waals surface area contributed by atoms with E-state index < -0.39 is 0 Å². The average molecular weight is 451 g/mol. The number of amides is 1. The standard InChI is InChI=1S/C29H26N2OS/c1-20-13-15-22(16-14-20)28-29(25-11-4-5-12-26(25)31-28)33-18-17-30-27(32)19-23-9-6-8-21-7-2-3-10-24(21)23/h2-16,31H,17-19H2,1H3,(H,30,32). The van der Waals surface area contributed by atoms with Crippen LogP contribution in [0.5, 0.6) is 0 Å². The van der Waals surface area contributed by atoms with Crippen LogP contribution < -0.4 is 5.32 Å². The Morgan fingerprint density at radius 1 is 0.848 bits per heavy atom. The van der Waals surface area contributed by atoms with E-state index in [0.717, 1.165) is 27.9 Å². The molecule has 1 aromatic heterocycles. The van der Waals surface area contributed by atoms with Crippen LogP contribution in [0.25, 0.3) is 32.9 Å². The Labute approximate surface area is 198 Å². The molecule has 0 saturated carbocycles. The number of carbonyl (C=O) groups excluding carboxylic acids is 1. The van der Waals surface area contributed by atoms with Crippen LogP contribution in [0, 0.1) is 6.92 Å². The molecule has 3 nitrogen and oxygen atoms in total. The van der Waals surface area contributed by atoms with Crippen LogP contribution in [0.4, 0.5) is 0 Å². The Morgan fingerprint density at radius 2 is 1.58 bits per heavy atom. The molecule has 0 saturated heterocycles. The van der Waals surface area contributed by atoms with Crippen molar-refractivity contribution in [1.82, 2.24) is 10.3 Å². The molecule has 4 aromatic carbocycles. The zero-order chi connectivity index (χ0) is 22.6. The van der Waals surface area contributed by atoms with Crippen molar-refractivity contribution >= 4 is 39.3 Å². The van der Waals surface area contributed by atoms with E-state index in [1.54, 1.807) is 11.8 Å². The Morgan fingerprint density at radius 3 is 2.42 bits per heavy atom. The molecule has 1 heterocycles. The summed E-state index contributed by atoms with van der Waals surface area (Å²) < 4.78 is 0. The lowest BCUT2D eigenvalue weighted by atomic mass is 10.0. The number of carbonyl (C=O) groups is 1. The predicted molar refractivity (Wildman–Crippen MR) is 140 cm³/mol. The molecule has 0 unspecified atom stereocenters. The Kier molecular flexibility index (Phi) is 6.18. The van der Waals surface area contributed by atoms with Crippen LogP contribution in [0.1, 0.15) is 11.1 Å². The van der Waals surface area contributed by atoms with Crippen molar-refractivity contribution in [2.75, 3.05) is 12.3 Å². The molecule has 33 heavy (non-hydrogen) atoms. The van der Waals surface area contributed by atoms with Gasteiger partial charge in [-0.3, -0.25) is 4.79 Å². The van der Waals surface area contributed by atoms with Gasteiger partial charge in [-0.25, -0.2) is 0 Å². The lowest BCUT2D eigenvalue weighted by Gasteiger charge is -2.09. The van der Waals surface area contributed by atoms with Gasteiger partial charge in [0.15, 0.2) is 0 Å². The molecule has 1 amide bonds. The van der Waals surface area contributed by atoms with Gasteiger partial charge < -0.3 is 10.3 Å². The minimum atomic E-state index is 0.0598. The summed E-state index contributed by atoms with van der Waals surface area (Å²) >= 11 is 1.79. The number of hydrogen-bond donors (Lipinski definition) is 2. The van der Waals surface area contributed by atoms with Crippen molar-refractivity contribution in [3.05, 3.63) is 102 Å². The zero-order valence-electron chi connectivity index (χ0n) is 18.6. The summed E-state index contributed by atoms with van der Waals surface area (Å²) in [4.78, 5) is 17.4. The summed E-state index contributed by atoms with van der Waals surface area (Å²) in [7, 11) is 0. The number of para-hydroxylation sites is 1. The van der Waals surface area contributed by atoms with Gasteiger partial charge in [0.2, 0.25) is 5.91 Å². The molecule has 5 aromatic rings. The predicted octanol–water partition coefficient (Wildman–Crippen LogP) is 6.75. The number of thioether (sulfide) groups is 1. The van der Waals surface area contributed by atoms with Gasteiger partial charge in [-0.2, -0.15) is 0 Å². The Balaban J connectivity index is 1.26. The van der Waals surface area contributed by atoms with Gasteiger partial charge in [0.1, 0.15) is 0 Å². The second-order valence-corrected chi connectivity index (χ2v) is 9.36. The summed E-state index contributed by atoms with van der Waals surface area (Å²) in [5.74, 6) is 0.867. The first-order valence-corrected chi connectivity index (χ1v) is 12.2. The van der Waals surface area contributed by atoms with E-state index in [2.05, 4.69) is 84.0 Å². The minimum absolute atomic E-state index is 0.0598. The van der Waals surface area contributed by atoms with Crippen molar-refractivity contribution in [2.45, 2.75) is 18.2 Å². The molecule has 0 spiro atoms. The largest absolute Gasteiger partial charge is 0.355 e. The smallest absolute Gasteiger partial charge is 0.224 e. The molecule has 0 bridgehead atoms. The lowest BCUT2D eigenvalue weighted by molar-refractivity contribution is -0.120. The number of H-pyrrole nitrogens is 1. The highest BCUT2D eigenvalue weighted by molar-refractivity contribution is 7.99. The fourth-order valence-corrected chi connectivity index (χ4v) is 5.27. The van der Waals surface area contributed by atoms with Crippen LogP contribution in [0.2, 0.25) is 0 Å². The Bertz CT molecular complexity index is 1410. The number of aromatic amines is 1. The maximum absolute atomic E-state index is 12.6. The lowest BCUT2D eigenvalue weighted by Crippen LogP contribution is -2.27. The van der Waals surface area contributed by atoms with Crippen molar-refractivity contribution in [3.63, 3.8) is 0 Å². The van der Waals surface area contributed by atoms with Crippen molar-refractivity contribution in [3.8, 4) is 11.3 Å². The highest BCUT2D eigenvalue weighted by Gasteiger charge is 2.14. The summed E-state index contributed by atoms with van der Waals surface area (Å²) in [6.07, 6.45) is 0.397. The van der Waals surface area contributed by atoms with E-state index in [9.17, 15) is 4.79 Å². The number of rotatable bonds is 7. The van der Waals surface area contributed by atoms with E-state index in [0.29, 0.717) is 13.0 Å². The van der Waals surface area contributed by atoms with Crippen LogP contribution >= 0.6 is 11.8 Å². The monoisotopic (exact) mass is 450 g/mol. The van der Waals surface area contributed by atoms with Gasteiger partial charge in [0.25, 0.3) is 0 Å². The summed E-state index contributed by atoms with van der Waals surface area (Å²) in [6.45, 7) is 2.73. The third-order valence-electron chi connectivity index (χ3n) is 5.90. The highest BCUT2D eigenvalue weighted by atomic mass is 32.2. The maximum atomic E-state index is 12.6. The SMILES string of the molecule is Cc1ccc(-c2[nH]c3ccccc3c2SCCNC(=O)Cc2cccc3ccccc23)cc1. The van der Waals surface area contributed by atoms with Gasteiger partial charge in [-0.05, 0) is 34.9 Å². The molecule has 0 atom stereocenters. The summed E-state index contributed by atoms with van der Waals surface area (Å²) in [5, 5.41) is 6.64. The van der Waals surface area contributed by atoms with E-state index in [1.807, 2.05) is 24.3 Å². The van der Waals surface area contributed by atoms with E-state index in [-0.39, 0.29) is 5.91 Å². The fraction of sp³-hybridized carbons (Fsp3) is 0.138. The Hall–Kier alpha value is -3.50. The van der Waals surface area contributed by atoms with Gasteiger partial charge in [0.05, 0.1) is 12.1 Å². The molecule has 0 aliphatic rings. The average Bonchev–Trinajstić information content (AvgIpc) is 3.21. The number of aryl methyl sites for hydroxylation is 1. The summed E-state index contributed by atoms with van der Waals surface area (Å²) in [6, 6.07) is 31.4. The first-order valence-electron chi connectivity index (χ1n) is 11.2. The number of fused-ring (bicyclic) bond motifs is 2. The minimum Gasteiger partial charge on any atom is -0.355 e. The quantitative estimate of drug-likeness (QED) is 0.213. The topological polar surface area (TPSA) is 44.9 Å². The molecule has 5 rings (SSSR count). The number of aromatic nitrogens is 1. The van der Waals surface area contributed by atoms with Crippen molar-refractivity contribution in [1.29, 1.82) is 0 Å². The number of hydrogen-bond acceptors (Lipinski definition) is 2. The third kappa shape index (κ3) is 4.67. The highest BCUT2D eigenvalue weighted by Crippen LogP contribution is 2.37. The number of benzene rings is 4. The van der Waals surface area contributed by atoms with Gasteiger partial charge in [0, 0.05) is 28.1 Å². The number of nitrogens with one attached hydrogen (secondary N) is 2. The summed E-state index contributed by atoms with van der Waals surface area (Å²) in [5.41, 5.74) is 5.77. The van der Waals surface area contributed by atoms with E-state index in [1.165, 1.54) is 26.8 Å². The second kappa shape index (κ2) is 9.55.